The fourth-order valence-electron chi connectivity index (χ4n) is 5.27. The summed E-state index contributed by atoms with van der Waals surface area (Å²) in [6.07, 6.45) is 4.30. The number of ether oxygens (including phenoxy) is 4. The zero-order valence-corrected chi connectivity index (χ0v) is 25.7. The predicted molar refractivity (Wildman–Crippen MR) is 159 cm³/mol. The van der Waals surface area contributed by atoms with E-state index in [1.165, 1.54) is 0 Å². The van der Waals surface area contributed by atoms with Gasteiger partial charge in [0.05, 0.1) is 25.9 Å². The average molecular weight is 566 g/mol. The minimum atomic E-state index is -0.745. The fraction of sp³-hybridized carbons (Fsp3) is 0.774. The number of nitrogens with zero attached hydrogens (tertiary/aromatic N) is 1. The molecule has 1 amide bonds. The van der Waals surface area contributed by atoms with Crippen molar-refractivity contribution in [3.63, 3.8) is 0 Å². The molecule has 1 aliphatic rings. The van der Waals surface area contributed by atoms with Gasteiger partial charge in [0.1, 0.15) is 0 Å². The fourth-order valence-corrected chi connectivity index (χ4v) is 5.27. The first kappa shape index (κ1) is 34.3. The maximum absolute atomic E-state index is 12.7. The van der Waals surface area contributed by atoms with E-state index in [-0.39, 0.29) is 17.7 Å². The van der Waals surface area contributed by atoms with Crippen molar-refractivity contribution < 1.29 is 28.8 Å². The van der Waals surface area contributed by atoms with Crippen LogP contribution in [0, 0.1) is 17.8 Å². The Morgan fingerprint density at radius 1 is 1.10 bits per heavy atom. The third-order valence-electron chi connectivity index (χ3n) is 8.13. The van der Waals surface area contributed by atoms with Crippen LogP contribution in [0.3, 0.4) is 0 Å². The van der Waals surface area contributed by atoms with Crippen LogP contribution in [0.25, 0.3) is 0 Å². The second-order valence-corrected chi connectivity index (χ2v) is 11.6. The number of amides is 1. The SMILES string of the molecule is COCCCOc1cc(CC(CC(N)C(O)CC(C)C(=O)NCCN2CCC(OC)CC2)C(C)C)ccc1OC. The highest BCUT2D eigenvalue weighted by Crippen LogP contribution is 2.31. The number of hydrogen-bond donors (Lipinski definition) is 3. The minimum Gasteiger partial charge on any atom is -0.493 e. The van der Waals surface area contributed by atoms with Crippen molar-refractivity contribution in [3.8, 4) is 11.5 Å². The molecule has 0 saturated carbocycles. The first-order valence-electron chi connectivity index (χ1n) is 14.9. The van der Waals surface area contributed by atoms with Crippen molar-refractivity contribution in [3.05, 3.63) is 23.8 Å². The average Bonchev–Trinajstić information content (AvgIpc) is 2.95. The summed E-state index contributed by atoms with van der Waals surface area (Å²) in [5, 5.41) is 13.9. The van der Waals surface area contributed by atoms with Crippen LogP contribution in [0.15, 0.2) is 18.2 Å². The first-order valence-corrected chi connectivity index (χ1v) is 14.9. The van der Waals surface area contributed by atoms with E-state index in [0.717, 1.165) is 56.6 Å². The Morgan fingerprint density at radius 2 is 1.82 bits per heavy atom. The minimum absolute atomic E-state index is 0.0327. The maximum Gasteiger partial charge on any atom is 0.222 e. The highest BCUT2D eigenvalue weighted by molar-refractivity contribution is 5.78. The Labute approximate surface area is 242 Å². The summed E-state index contributed by atoms with van der Waals surface area (Å²) in [5.41, 5.74) is 7.63. The first-order chi connectivity index (χ1) is 19.2. The number of nitrogens with two attached hydrogens (primary N) is 1. The van der Waals surface area contributed by atoms with Crippen LogP contribution in [-0.2, 0) is 20.7 Å². The molecule has 0 spiro atoms. The molecular formula is C31H55N3O6. The molecule has 1 aliphatic heterocycles. The Morgan fingerprint density at radius 3 is 2.45 bits per heavy atom. The number of likely N-dealkylation sites (tertiary alicyclic amines) is 1. The molecular weight excluding hydrogens is 510 g/mol. The molecule has 230 valence electrons. The molecule has 1 saturated heterocycles. The number of methoxy groups -OCH3 is 3. The van der Waals surface area contributed by atoms with Gasteiger partial charge in [-0.2, -0.15) is 0 Å². The molecule has 0 aromatic heterocycles. The van der Waals surface area contributed by atoms with Gasteiger partial charge >= 0.3 is 0 Å². The van der Waals surface area contributed by atoms with Crippen molar-refractivity contribution in [1.29, 1.82) is 0 Å². The van der Waals surface area contributed by atoms with Gasteiger partial charge in [-0.1, -0.05) is 26.8 Å². The summed E-state index contributed by atoms with van der Waals surface area (Å²) in [5.74, 6) is 1.73. The van der Waals surface area contributed by atoms with E-state index >= 15 is 0 Å². The Bertz CT molecular complexity index is 846. The van der Waals surface area contributed by atoms with Gasteiger partial charge in [0.15, 0.2) is 11.5 Å². The number of rotatable bonds is 19. The smallest absolute Gasteiger partial charge is 0.222 e. The van der Waals surface area contributed by atoms with E-state index < -0.39 is 12.1 Å². The van der Waals surface area contributed by atoms with Crippen LogP contribution in [0.1, 0.15) is 58.4 Å². The van der Waals surface area contributed by atoms with Crippen LogP contribution in [0.5, 0.6) is 11.5 Å². The summed E-state index contributed by atoms with van der Waals surface area (Å²) >= 11 is 0. The molecule has 1 fully saturated rings. The second-order valence-electron chi connectivity index (χ2n) is 11.6. The third-order valence-corrected chi connectivity index (χ3v) is 8.13. The molecule has 1 aromatic rings. The monoisotopic (exact) mass is 565 g/mol. The quantitative estimate of drug-likeness (QED) is 0.219. The van der Waals surface area contributed by atoms with Crippen molar-refractivity contribution in [2.45, 2.75) is 77.5 Å². The van der Waals surface area contributed by atoms with E-state index in [1.54, 1.807) is 21.3 Å². The van der Waals surface area contributed by atoms with Crippen LogP contribution < -0.4 is 20.5 Å². The number of benzene rings is 1. The molecule has 40 heavy (non-hydrogen) atoms. The van der Waals surface area contributed by atoms with Gasteiger partial charge < -0.3 is 40.0 Å². The normalized spacial score (nSPS) is 17.8. The molecule has 9 heteroatoms. The molecule has 0 aliphatic carbocycles. The molecule has 2 rings (SSSR count). The third kappa shape index (κ3) is 11.9. The molecule has 0 bridgehead atoms. The van der Waals surface area contributed by atoms with E-state index in [2.05, 4.69) is 30.1 Å². The van der Waals surface area contributed by atoms with Gasteiger partial charge in [-0.25, -0.2) is 0 Å². The summed E-state index contributed by atoms with van der Waals surface area (Å²) < 4.78 is 22.0. The lowest BCUT2D eigenvalue weighted by Crippen LogP contribution is -2.43. The van der Waals surface area contributed by atoms with Crippen molar-refractivity contribution in [1.82, 2.24) is 10.2 Å². The summed E-state index contributed by atoms with van der Waals surface area (Å²) in [6, 6.07) is 5.63. The van der Waals surface area contributed by atoms with E-state index in [1.807, 2.05) is 19.1 Å². The Balaban J connectivity index is 1.83. The number of aliphatic hydroxyl groups is 1. The lowest BCUT2D eigenvalue weighted by molar-refractivity contribution is -0.125. The number of hydrogen-bond acceptors (Lipinski definition) is 8. The predicted octanol–water partition coefficient (Wildman–Crippen LogP) is 3.26. The number of carbonyl (C=O) groups is 1. The van der Waals surface area contributed by atoms with E-state index in [4.69, 9.17) is 24.7 Å². The van der Waals surface area contributed by atoms with Gasteiger partial charge in [0.2, 0.25) is 5.91 Å². The van der Waals surface area contributed by atoms with Crippen LogP contribution in [0.2, 0.25) is 0 Å². The molecule has 4 atom stereocenters. The van der Waals surface area contributed by atoms with Crippen molar-refractivity contribution in [2.24, 2.45) is 23.5 Å². The molecule has 0 radical (unpaired) electrons. The highest BCUT2D eigenvalue weighted by Gasteiger charge is 2.26. The van der Waals surface area contributed by atoms with E-state index in [0.29, 0.717) is 50.4 Å². The molecule has 4 unspecified atom stereocenters. The van der Waals surface area contributed by atoms with Gasteiger partial charge in [-0.05, 0) is 61.6 Å². The van der Waals surface area contributed by atoms with Gasteiger partial charge in [0, 0.05) is 65.4 Å². The number of aliphatic hydroxyl groups excluding tert-OH is 1. The summed E-state index contributed by atoms with van der Waals surface area (Å²) in [6.45, 7) is 10.9. The second kappa shape index (κ2) is 18.5. The lowest BCUT2D eigenvalue weighted by atomic mass is 9.82. The van der Waals surface area contributed by atoms with E-state index in [9.17, 15) is 9.90 Å². The number of carbonyl (C=O) groups excluding carboxylic acids is 1. The highest BCUT2D eigenvalue weighted by atomic mass is 16.5. The van der Waals surface area contributed by atoms with Crippen LogP contribution in [-0.4, -0.2) is 94.9 Å². The Kier molecular flexibility index (Phi) is 15.9. The summed E-state index contributed by atoms with van der Waals surface area (Å²) in [7, 11) is 5.09. The van der Waals surface area contributed by atoms with Gasteiger partial charge in [0.25, 0.3) is 0 Å². The van der Waals surface area contributed by atoms with Gasteiger partial charge in [-0.3, -0.25) is 4.79 Å². The number of piperidine rings is 1. The zero-order chi connectivity index (χ0) is 29.5. The number of nitrogens with one attached hydrogen (secondary N) is 1. The maximum atomic E-state index is 12.7. The molecule has 4 N–H and O–H groups in total. The standard InChI is InChI=1S/C31H55N3O6/c1-22(2)25(19-24-8-9-29(39-6)30(20-24)40-17-7-16-37-4)21-27(32)28(35)18-23(3)31(36)33-12-15-34-13-10-26(38-5)11-14-34/h8-9,20,22-23,25-28,35H,7,10-19,21,32H2,1-6H3,(H,33,36). The lowest BCUT2D eigenvalue weighted by Gasteiger charge is -2.31. The van der Waals surface area contributed by atoms with Crippen LogP contribution in [0.4, 0.5) is 0 Å². The molecule has 1 aromatic carbocycles. The Hall–Kier alpha value is -1.91. The zero-order valence-electron chi connectivity index (χ0n) is 25.7. The van der Waals surface area contributed by atoms with Gasteiger partial charge in [-0.15, -0.1) is 0 Å². The topological polar surface area (TPSA) is 116 Å². The summed E-state index contributed by atoms with van der Waals surface area (Å²) in [4.78, 5) is 15.0. The largest absolute Gasteiger partial charge is 0.493 e. The van der Waals surface area contributed by atoms with Crippen molar-refractivity contribution in [2.75, 3.05) is 60.7 Å². The van der Waals surface area contributed by atoms with Crippen LogP contribution >= 0.6 is 0 Å². The van der Waals surface area contributed by atoms with Crippen molar-refractivity contribution >= 4 is 5.91 Å². The molecule has 9 nitrogen and oxygen atoms in total. The molecule has 1 heterocycles.